The highest BCUT2D eigenvalue weighted by Crippen LogP contribution is 2.39. The molecule has 0 spiro atoms. The van der Waals surface area contributed by atoms with E-state index < -0.39 is 0 Å². The van der Waals surface area contributed by atoms with Gasteiger partial charge in [-0.05, 0) is 72.9 Å². The predicted octanol–water partition coefficient (Wildman–Crippen LogP) is 4.66. The highest BCUT2D eigenvalue weighted by Gasteiger charge is 2.41. The highest BCUT2D eigenvalue weighted by atomic mass is 32.1. The summed E-state index contributed by atoms with van der Waals surface area (Å²) in [6.07, 6.45) is 5.64. The molecule has 178 valence electrons. The molecule has 1 fully saturated rings. The fourth-order valence-corrected chi connectivity index (χ4v) is 4.69. The average molecular weight is 490 g/mol. The molecule has 4 heterocycles. The van der Waals surface area contributed by atoms with Crippen molar-refractivity contribution < 1.29 is 13.6 Å². The van der Waals surface area contributed by atoms with Gasteiger partial charge in [0.1, 0.15) is 11.6 Å². The second-order valence-electron chi connectivity index (χ2n) is 8.27. The molecule has 2 atom stereocenters. The van der Waals surface area contributed by atoms with E-state index in [-0.39, 0.29) is 30.2 Å². The number of anilines is 1. The molecule has 1 amide bonds. The normalized spacial score (nSPS) is 17.4. The number of thiocarbonyl (C=S) groups is 1. The van der Waals surface area contributed by atoms with Crippen LogP contribution in [0, 0.1) is 5.82 Å². The second kappa shape index (κ2) is 10.1. The van der Waals surface area contributed by atoms with Crippen molar-refractivity contribution >= 4 is 28.9 Å². The molecule has 0 bridgehead atoms. The SMILES string of the molecule is O=C(CCN1C(=S)N[C@H](c2ccccn2)[C@H]1c1cccn1Cc1ccco1)Nc1ccc(F)cc1. The first-order chi connectivity index (χ1) is 17.1. The van der Waals surface area contributed by atoms with Gasteiger partial charge in [0.25, 0.3) is 0 Å². The van der Waals surface area contributed by atoms with Gasteiger partial charge in [-0.2, -0.15) is 0 Å². The maximum absolute atomic E-state index is 13.2. The molecule has 4 aromatic rings. The van der Waals surface area contributed by atoms with E-state index in [9.17, 15) is 9.18 Å². The lowest BCUT2D eigenvalue weighted by molar-refractivity contribution is -0.116. The molecule has 0 aliphatic carbocycles. The summed E-state index contributed by atoms with van der Waals surface area (Å²) in [5.74, 6) is 0.318. The minimum atomic E-state index is -0.350. The Morgan fingerprint density at radius 3 is 2.71 bits per heavy atom. The molecular formula is C26H24FN5O2S. The van der Waals surface area contributed by atoms with E-state index in [1.165, 1.54) is 24.3 Å². The maximum atomic E-state index is 13.2. The number of nitrogens with zero attached hydrogens (tertiary/aromatic N) is 3. The molecule has 9 heteroatoms. The highest BCUT2D eigenvalue weighted by molar-refractivity contribution is 7.80. The number of furan rings is 1. The zero-order valence-corrected chi connectivity index (χ0v) is 19.6. The number of hydrogen-bond donors (Lipinski definition) is 2. The molecule has 3 aromatic heterocycles. The van der Waals surface area contributed by atoms with Gasteiger partial charge in [-0.15, -0.1) is 0 Å². The number of carbonyl (C=O) groups excluding carboxylic acids is 1. The molecular weight excluding hydrogens is 465 g/mol. The summed E-state index contributed by atoms with van der Waals surface area (Å²) < 4.78 is 20.9. The smallest absolute Gasteiger partial charge is 0.226 e. The van der Waals surface area contributed by atoms with Gasteiger partial charge in [0.15, 0.2) is 5.11 Å². The zero-order valence-electron chi connectivity index (χ0n) is 18.8. The first-order valence-electron chi connectivity index (χ1n) is 11.3. The van der Waals surface area contributed by atoms with Crippen LogP contribution in [0.4, 0.5) is 10.1 Å². The van der Waals surface area contributed by atoms with Gasteiger partial charge in [0, 0.05) is 36.7 Å². The topological polar surface area (TPSA) is 75.3 Å². The Hall–Kier alpha value is -3.98. The third kappa shape index (κ3) is 5.09. The van der Waals surface area contributed by atoms with Gasteiger partial charge in [0.2, 0.25) is 5.91 Å². The minimum Gasteiger partial charge on any atom is -0.467 e. The number of halogens is 1. The summed E-state index contributed by atoms with van der Waals surface area (Å²) in [7, 11) is 0. The number of nitrogens with one attached hydrogen (secondary N) is 2. The van der Waals surface area contributed by atoms with Crippen molar-refractivity contribution in [1.29, 1.82) is 0 Å². The Balaban J connectivity index is 1.39. The Labute approximate surface area is 207 Å². The summed E-state index contributed by atoms with van der Waals surface area (Å²) in [5.41, 5.74) is 2.45. The first-order valence-corrected chi connectivity index (χ1v) is 11.7. The number of rotatable bonds is 8. The minimum absolute atomic E-state index is 0.176. The van der Waals surface area contributed by atoms with E-state index in [0.29, 0.717) is 23.9 Å². The molecule has 1 aliphatic heterocycles. The lowest BCUT2D eigenvalue weighted by atomic mass is 10.0. The Morgan fingerprint density at radius 1 is 1.11 bits per heavy atom. The Bertz CT molecular complexity index is 1290. The van der Waals surface area contributed by atoms with Crippen LogP contribution in [0.1, 0.15) is 35.7 Å². The number of amides is 1. The number of carbonyl (C=O) groups is 1. The van der Waals surface area contributed by atoms with Gasteiger partial charge in [-0.1, -0.05) is 6.07 Å². The van der Waals surface area contributed by atoms with Gasteiger partial charge in [-0.25, -0.2) is 4.39 Å². The summed E-state index contributed by atoms with van der Waals surface area (Å²) in [6.45, 7) is 0.977. The third-order valence-electron chi connectivity index (χ3n) is 5.98. The Kier molecular flexibility index (Phi) is 6.58. The lowest BCUT2D eigenvalue weighted by Crippen LogP contribution is -2.33. The fraction of sp³-hybridized carbons (Fsp3) is 0.192. The maximum Gasteiger partial charge on any atom is 0.226 e. The summed E-state index contributed by atoms with van der Waals surface area (Å²) in [4.78, 5) is 19.3. The van der Waals surface area contributed by atoms with Gasteiger partial charge < -0.3 is 24.5 Å². The van der Waals surface area contributed by atoms with E-state index in [2.05, 4.69) is 26.3 Å². The van der Waals surface area contributed by atoms with Crippen molar-refractivity contribution in [2.75, 3.05) is 11.9 Å². The average Bonchev–Trinajstić information content (AvgIpc) is 3.61. The van der Waals surface area contributed by atoms with Crippen LogP contribution in [0.3, 0.4) is 0 Å². The summed E-state index contributed by atoms with van der Waals surface area (Å²) in [5, 5.41) is 6.79. The molecule has 1 aromatic carbocycles. The third-order valence-corrected chi connectivity index (χ3v) is 6.33. The van der Waals surface area contributed by atoms with Crippen LogP contribution in [-0.2, 0) is 11.3 Å². The van der Waals surface area contributed by atoms with Crippen molar-refractivity contribution in [2.24, 2.45) is 0 Å². The van der Waals surface area contributed by atoms with Crippen molar-refractivity contribution in [1.82, 2.24) is 19.8 Å². The van der Waals surface area contributed by atoms with Crippen LogP contribution in [0.2, 0.25) is 0 Å². The quantitative estimate of drug-likeness (QED) is 0.351. The molecule has 0 unspecified atom stereocenters. The monoisotopic (exact) mass is 489 g/mol. The van der Waals surface area contributed by atoms with Crippen molar-refractivity contribution in [3.63, 3.8) is 0 Å². The Morgan fingerprint density at radius 2 is 1.97 bits per heavy atom. The first kappa shape index (κ1) is 22.8. The van der Waals surface area contributed by atoms with Crippen molar-refractivity contribution in [3.05, 3.63) is 108 Å². The molecule has 1 saturated heterocycles. The van der Waals surface area contributed by atoms with Gasteiger partial charge in [0.05, 0.1) is 30.6 Å². The zero-order chi connectivity index (χ0) is 24.2. The van der Waals surface area contributed by atoms with Crippen LogP contribution < -0.4 is 10.6 Å². The van der Waals surface area contributed by atoms with E-state index in [0.717, 1.165) is 17.1 Å². The summed E-state index contributed by atoms with van der Waals surface area (Å²) in [6, 6.07) is 19.0. The number of hydrogen-bond acceptors (Lipinski definition) is 4. The predicted molar refractivity (Wildman–Crippen MR) is 134 cm³/mol. The van der Waals surface area contributed by atoms with Gasteiger partial charge >= 0.3 is 0 Å². The van der Waals surface area contributed by atoms with E-state index in [4.69, 9.17) is 16.6 Å². The molecule has 2 N–H and O–H groups in total. The van der Waals surface area contributed by atoms with E-state index >= 15 is 0 Å². The van der Waals surface area contributed by atoms with Crippen LogP contribution >= 0.6 is 12.2 Å². The molecule has 5 rings (SSSR count). The molecule has 0 radical (unpaired) electrons. The largest absolute Gasteiger partial charge is 0.467 e. The van der Waals surface area contributed by atoms with Crippen LogP contribution in [0.5, 0.6) is 0 Å². The summed E-state index contributed by atoms with van der Waals surface area (Å²) >= 11 is 5.71. The van der Waals surface area contributed by atoms with Crippen LogP contribution in [-0.4, -0.2) is 32.0 Å². The van der Waals surface area contributed by atoms with Crippen molar-refractivity contribution in [2.45, 2.75) is 25.0 Å². The van der Waals surface area contributed by atoms with E-state index in [1.807, 2.05) is 47.5 Å². The molecule has 7 nitrogen and oxygen atoms in total. The lowest BCUT2D eigenvalue weighted by Gasteiger charge is -2.28. The van der Waals surface area contributed by atoms with E-state index in [1.54, 1.807) is 12.5 Å². The van der Waals surface area contributed by atoms with Crippen LogP contribution in [0.25, 0.3) is 0 Å². The number of benzene rings is 1. The van der Waals surface area contributed by atoms with Gasteiger partial charge in [-0.3, -0.25) is 9.78 Å². The van der Waals surface area contributed by atoms with Crippen LogP contribution in [0.15, 0.2) is 89.8 Å². The second-order valence-corrected chi connectivity index (χ2v) is 8.65. The van der Waals surface area contributed by atoms with Crippen molar-refractivity contribution in [3.8, 4) is 0 Å². The standard InChI is InChI=1S/C26H24FN5O2S/c27-18-8-10-19(11-9-18)29-23(33)12-15-32-25(24(30-26(32)35)21-6-1-2-13-28-21)22-7-3-14-31(22)17-20-5-4-16-34-20/h1-11,13-14,16,24-25H,12,15,17H2,(H,29,33)(H,30,35)/t24-,25-/m1/s1. The molecule has 1 aliphatic rings. The molecule has 35 heavy (non-hydrogen) atoms. The molecule has 0 saturated carbocycles. The number of pyridine rings is 1. The fourth-order valence-electron chi connectivity index (χ4n) is 4.36. The number of aromatic nitrogens is 2.